The van der Waals surface area contributed by atoms with Crippen LogP contribution in [0, 0.1) is 0 Å². The molecule has 0 saturated carbocycles. The van der Waals surface area contributed by atoms with E-state index < -0.39 is 0 Å². The molecular formula is C18H21N3O2. The first kappa shape index (κ1) is 16.5. The molecule has 0 saturated heterocycles. The molecule has 23 heavy (non-hydrogen) atoms. The van der Waals surface area contributed by atoms with E-state index in [-0.39, 0.29) is 18.4 Å². The molecule has 0 aliphatic heterocycles. The van der Waals surface area contributed by atoms with Gasteiger partial charge in [-0.25, -0.2) is 5.43 Å². The number of hydrogen-bond acceptors (Lipinski definition) is 4. The van der Waals surface area contributed by atoms with Crippen LogP contribution in [0.3, 0.4) is 0 Å². The van der Waals surface area contributed by atoms with Crippen molar-refractivity contribution in [1.29, 1.82) is 0 Å². The van der Waals surface area contributed by atoms with Gasteiger partial charge in [0.25, 0.3) is 0 Å². The Kier molecular flexibility index (Phi) is 5.74. The second-order valence-electron chi connectivity index (χ2n) is 5.45. The summed E-state index contributed by atoms with van der Waals surface area (Å²) in [5.74, 6) is 0.595. The van der Waals surface area contributed by atoms with Crippen LogP contribution in [0.25, 0.3) is 0 Å². The van der Waals surface area contributed by atoms with Crippen LogP contribution in [0.5, 0.6) is 5.75 Å². The minimum atomic E-state index is -0.180. The fourth-order valence-corrected chi connectivity index (χ4v) is 1.98. The summed E-state index contributed by atoms with van der Waals surface area (Å²) in [7, 11) is 0. The van der Waals surface area contributed by atoms with Gasteiger partial charge in [0.2, 0.25) is 5.91 Å². The molecule has 1 amide bonds. The normalized spacial score (nSPS) is 10.9. The van der Waals surface area contributed by atoms with Crippen LogP contribution in [0.4, 0.5) is 5.69 Å². The first-order chi connectivity index (χ1) is 11.0. The lowest BCUT2D eigenvalue weighted by Gasteiger charge is -2.09. The lowest BCUT2D eigenvalue weighted by molar-refractivity contribution is -0.120. The maximum Gasteiger partial charge on any atom is 0.244 e. The molecule has 0 heterocycles. The summed E-state index contributed by atoms with van der Waals surface area (Å²) in [5, 5.41) is 3.97. The van der Waals surface area contributed by atoms with Crippen molar-refractivity contribution < 1.29 is 9.53 Å². The molecule has 2 aromatic rings. The molecule has 2 rings (SSSR count). The van der Waals surface area contributed by atoms with Gasteiger partial charge in [0.15, 0.2) is 0 Å². The number of nitrogen functional groups attached to an aromatic ring is 1. The number of amides is 1. The van der Waals surface area contributed by atoms with E-state index in [9.17, 15) is 4.79 Å². The SMILES string of the molecule is CC(C)Oc1cccc(/C=N\NC(=O)Cc2ccc(N)cc2)c1. The molecule has 0 unspecified atom stereocenters. The van der Waals surface area contributed by atoms with Gasteiger partial charge in [0.1, 0.15) is 5.75 Å². The highest BCUT2D eigenvalue weighted by molar-refractivity contribution is 5.83. The van der Waals surface area contributed by atoms with Crippen LogP contribution >= 0.6 is 0 Å². The summed E-state index contributed by atoms with van der Waals surface area (Å²) in [5.41, 5.74) is 10.5. The standard InChI is InChI=1S/C18H21N3O2/c1-13(2)23-17-5-3-4-15(10-17)12-20-21-18(22)11-14-6-8-16(19)9-7-14/h3-10,12-13H,11,19H2,1-2H3,(H,21,22)/b20-12-. The van der Waals surface area contributed by atoms with Crippen molar-refractivity contribution in [2.45, 2.75) is 26.4 Å². The Hall–Kier alpha value is -2.82. The molecule has 120 valence electrons. The van der Waals surface area contributed by atoms with Crippen LogP contribution in [0.15, 0.2) is 53.6 Å². The highest BCUT2D eigenvalue weighted by Gasteiger charge is 2.02. The number of nitrogens with two attached hydrogens (primary N) is 1. The Balaban J connectivity index is 1.88. The van der Waals surface area contributed by atoms with Crippen LogP contribution in [0.1, 0.15) is 25.0 Å². The second-order valence-corrected chi connectivity index (χ2v) is 5.45. The van der Waals surface area contributed by atoms with Crippen molar-refractivity contribution in [3.8, 4) is 5.75 Å². The van der Waals surface area contributed by atoms with Crippen LogP contribution in [-0.4, -0.2) is 18.2 Å². The van der Waals surface area contributed by atoms with Gasteiger partial charge in [0, 0.05) is 5.69 Å². The summed E-state index contributed by atoms with van der Waals surface area (Å²) < 4.78 is 5.61. The molecule has 0 atom stereocenters. The Morgan fingerprint density at radius 1 is 1.26 bits per heavy atom. The number of hydrogen-bond donors (Lipinski definition) is 2. The highest BCUT2D eigenvalue weighted by Crippen LogP contribution is 2.13. The smallest absolute Gasteiger partial charge is 0.244 e. The van der Waals surface area contributed by atoms with Crippen LogP contribution in [0.2, 0.25) is 0 Å². The van der Waals surface area contributed by atoms with Crippen molar-refractivity contribution in [3.63, 3.8) is 0 Å². The number of anilines is 1. The number of carbonyl (C=O) groups is 1. The number of benzene rings is 2. The van der Waals surface area contributed by atoms with Gasteiger partial charge in [-0.3, -0.25) is 4.79 Å². The molecule has 2 aromatic carbocycles. The number of carbonyl (C=O) groups excluding carboxylic acids is 1. The lowest BCUT2D eigenvalue weighted by atomic mass is 10.1. The first-order valence-corrected chi connectivity index (χ1v) is 7.46. The molecule has 3 N–H and O–H groups in total. The number of hydrazone groups is 1. The lowest BCUT2D eigenvalue weighted by Crippen LogP contribution is -2.19. The average molecular weight is 311 g/mol. The van der Waals surface area contributed by atoms with Crippen molar-refractivity contribution >= 4 is 17.8 Å². The Morgan fingerprint density at radius 3 is 2.70 bits per heavy atom. The minimum Gasteiger partial charge on any atom is -0.491 e. The van der Waals surface area contributed by atoms with E-state index in [4.69, 9.17) is 10.5 Å². The molecule has 0 spiro atoms. The van der Waals surface area contributed by atoms with E-state index in [0.29, 0.717) is 5.69 Å². The summed E-state index contributed by atoms with van der Waals surface area (Å²) in [6, 6.07) is 14.7. The van der Waals surface area contributed by atoms with E-state index >= 15 is 0 Å². The molecule has 0 radical (unpaired) electrons. The van der Waals surface area contributed by atoms with Gasteiger partial charge in [-0.15, -0.1) is 0 Å². The van der Waals surface area contributed by atoms with Gasteiger partial charge in [-0.1, -0.05) is 24.3 Å². The Morgan fingerprint density at radius 2 is 2.00 bits per heavy atom. The van der Waals surface area contributed by atoms with E-state index in [2.05, 4.69) is 10.5 Å². The zero-order chi connectivity index (χ0) is 16.7. The van der Waals surface area contributed by atoms with E-state index in [1.807, 2.05) is 50.2 Å². The minimum absolute atomic E-state index is 0.113. The number of nitrogens with one attached hydrogen (secondary N) is 1. The van der Waals surface area contributed by atoms with E-state index in [1.165, 1.54) is 0 Å². The van der Waals surface area contributed by atoms with Gasteiger partial charge in [-0.2, -0.15) is 5.10 Å². The van der Waals surface area contributed by atoms with Crippen molar-refractivity contribution in [2.24, 2.45) is 5.10 Å². The molecule has 0 aliphatic carbocycles. The predicted octanol–water partition coefficient (Wildman–Crippen LogP) is 2.75. The van der Waals surface area contributed by atoms with Crippen molar-refractivity contribution in [2.75, 3.05) is 5.73 Å². The van der Waals surface area contributed by atoms with Crippen molar-refractivity contribution in [1.82, 2.24) is 5.43 Å². The molecule has 5 nitrogen and oxygen atoms in total. The fraction of sp³-hybridized carbons (Fsp3) is 0.222. The number of rotatable bonds is 6. The summed E-state index contributed by atoms with van der Waals surface area (Å²) in [6.45, 7) is 3.94. The van der Waals surface area contributed by atoms with Crippen LogP contribution < -0.4 is 15.9 Å². The first-order valence-electron chi connectivity index (χ1n) is 7.46. The zero-order valence-electron chi connectivity index (χ0n) is 13.3. The predicted molar refractivity (Wildman–Crippen MR) is 92.5 cm³/mol. The quantitative estimate of drug-likeness (QED) is 0.489. The number of nitrogens with zero attached hydrogens (tertiary/aromatic N) is 1. The molecular weight excluding hydrogens is 290 g/mol. The Labute approximate surface area is 136 Å². The maximum absolute atomic E-state index is 11.8. The van der Waals surface area contributed by atoms with Crippen LogP contribution in [-0.2, 0) is 11.2 Å². The van der Waals surface area contributed by atoms with E-state index in [1.54, 1.807) is 18.3 Å². The summed E-state index contributed by atoms with van der Waals surface area (Å²) in [6.07, 6.45) is 1.96. The molecule has 0 aromatic heterocycles. The Bertz CT molecular complexity index is 679. The molecule has 0 fully saturated rings. The molecule has 0 aliphatic rings. The topological polar surface area (TPSA) is 76.7 Å². The highest BCUT2D eigenvalue weighted by atomic mass is 16.5. The van der Waals surface area contributed by atoms with Gasteiger partial charge >= 0.3 is 0 Å². The summed E-state index contributed by atoms with van der Waals surface area (Å²) >= 11 is 0. The van der Waals surface area contributed by atoms with E-state index in [0.717, 1.165) is 16.9 Å². The third-order valence-corrected chi connectivity index (χ3v) is 2.98. The third-order valence-electron chi connectivity index (χ3n) is 2.98. The van der Waals surface area contributed by atoms with Gasteiger partial charge in [0.05, 0.1) is 18.7 Å². The summed E-state index contributed by atoms with van der Waals surface area (Å²) in [4.78, 5) is 11.8. The zero-order valence-corrected chi connectivity index (χ0v) is 13.3. The van der Waals surface area contributed by atoms with Gasteiger partial charge in [-0.05, 0) is 49.2 Å². The third kappa shape index (κ3) is 5.82. The molecule has 5 heteroatoms. The number of ether oxygens (including phenoxy) is 1. The van der Waals surface area contributed by atoms with Crippen molar-refractivity contribution in [3.05, 3.63) is 59.7 Å². The average Bonchev–Trinajstić information content (AvgIpc) is 2.49. The maximum atomic E-state index is 11.8. The fourth-order valence-electron chi connectivity index (χ4n) is 1.98. The van der Waals surface area contributed by atoms with Gasteiger partial charge < -0.3 is 10.5 Å². The second kappa shape index (κ2) is 7.98. The molecule has 0 bridgehead atoms. The largest absolute Gasteiger partial charge is 0.491 e. The monoisotopic (exact) mass is 311 g/mol.